The van der Waals surface area contributed by atoms with Gasteiger partial charge in [-0.15, -0.1) is 11.6 Å². The first-order valence-electron chi connectivity index (χ1n) is 6.30. The molecule has 1 aromatic rings. The van der Waals surface area contributed by atoms with Gasteiger partial charge in [-0.2, -0.15) is 0 Å². The van der Waals surface area contributed by atoms with E-state index < -0.39 is 10.0 Å². The van der Waals surface area contributed by atoms with E-state index in [1.807, 2.05) is 0 Å². The highest BCUT2D eigenvalue weighted by Gasteiger charge is 2.16. The molecule has 0 bridgehead atoms. The van der Waals surface area contributed by atoms with E-state index in [1.54, 1.807) is 12.1 Å². The van der Waals surface area contributed by atoms with Gasteiger partial charge in [-0.3, -0.25) is 0 Å². The zero-order valence-electron chi connectivity index (χ0n) is 10.9. The Morgan fingerprint density at radius 1 is 1.32 bits per heavy atom. The highest BCUT2D eigenvalue weighted by Crippen LogP contribution is 2.17. The average molecular weight is 324 g/mol. The van der Waals surface area contributed by atoms with Crippen molar-refractivity contribution in [3.8, 4) is 0 Å². The normalized spacial score (nSPS) is 13.4. The topological polar surface area (TPSA) is 46.2 Å². The Kier molecular flexibility index (Phi) is 7.15. The molecule has 19 heavy (non-hydrogen) atoms. The Morgan fingerprint density at radius 3 is 2.63 bits per heavy atom. The maximum absolute atomic E-state index is 12.1. The van der Waals surface area contributed by atoms with Crippen LogP contribution in [0.3, 0.4) is 0 Å². The fraction of sp³-hybridized carbons (Fsp3) is 0.538. The van der Waals surface area contributed by atoms with Gasteiger partial charge >= 0.3 is 0 Å². The molecule has 1 atom stereocenters. The first kappa shape index (κ1) is 16.8. The number of hydrogen-bond donors (Lipinski definition) is 1. The van der Waals surface area contributed by atoms with E-state index in [4.69, 9.17) is 23.2 Å². The molecule has 3 nitrogen and oxygen atoms in total. The number of nitrogens with one attached hydrogen (secondary N) is 1. The average Bonchev–Trinajstić information content (AvgIpc) is 2.37. The monoisotopic (exact) mass is 323 g/mol. The predicted molar refractivity (Wildman–Crippen MR) is 80.4 cm³/mol. The van der Waals surface area contributed by atoms with Crippen LogP contribution < -0.4 is 4.72 Å². The van der Waals surface area contributed by atoms with E-state index in [2.05, 4.69) is 11.6 Å². The molecule has 0 aliphatic heterocycles. The first-order valence-corrected chi connectivity index (χ1v) is 8.70. The minimum Gasteiger partial charge on any atom is -0.211 e. The molecular weight excluding hydrogens is 305 g/mol. The number of sulfonamides is 1. The van der Waals surface area contributed by atoms with E-state index in [0.29, 0.717) is 17.4 Å². The number of benzene rings is 1. The van der Waals surface area contributed by atoms with E-state index in [9.17, 15) is 8.42 Å². The molecule has 0 fully saturated rings. The third-order valence-corrected chi connectivity index (χ3v) is 4.76. The van der Waals surface area contributed by atoms with Gasteiger partial charge in [0.15, 0.2) is 0 Å². The van der Waals surface area contributed by atoms with Crippen LogP contribution in [0.5, 0.6) is 0 Å². The van der Waals surface area contributed by atoms with Crippen LogP contribution in [-0.2, 0) is 10.0 Å². The number of halogens is 2. The molecule has 1 unspecified atom stereocenters. The molecule has 0 saturated carbocycles. The van der Waals surface area contributed by atoms with Gasteiger partial charge in [0, 0.05) is 17.4 Å². The number of rotatable bonds is 8. The summed E-state index contributed by atoms with van der Waals surface area (Å²) in [5.41, 5.74) is 0. The second kappa shape index (κ2) is 8.10. The van der Waals surface area contributed by atoms with Crippen LogP contribution in [-0.4, -0.2) is 20.8 Å². The minimum absolute atomic E-state index is 0.195. The lowest BCUT2D eigenvalue weighted by atomic mass is 10.0. The summed E-state index contributed by atoms with van der Waals surface area (Å²) in [5, 5.41) is 0.411. The molecule has 0 spiro atoms. The van der Waals surface area contributed by atoms with Crippen molar-refractivity contribution >= 4 is 33.2 Å². The van der Waals surface area contributed by atoms with Crippen molar-refractivity contribution < 1.29 is 8.42 Å². The summed E-state index contributed by atoms with van der Waals surface area (Å²) in [6.07, 6.45) is 2.79. The third kappa shape index (κ3) is 5.69. The molecule has 1 rings (SSSR count). The Labute approximate surface area is 125 Å². The van der Waals surface area contributed by atoms with E-state index in [1.165, 1.54) is 12.1 Å². The molecule has 0 aromatic heterocycles. The Hall–Kier alpha value is -0.290. The maximum atomic E-state index is 12.1. The second-order valence-corrected chi connectivity index (χ2v) is 7.02. The van der Waals surface area contributed by atoms with E-state index in [0.717, 1.165) is 19.3 Å². The quantitative estimate of drug-likeness (QED) is 0.742. The Morgan fingerprint density at radius 2 is 2.05 bits per heavy atom. The van der Waals surface area contributed by atoms with Gasteiger partial charge in [0.2, 0.25) is 10.0 Å². The summed E-state index contributed by atoms with van der Waals surface area (Å²) < 4.78 is 26.8. The van der Waals surface area contributed by atoms with E-state index in [-0.39, 0.29) is 10.8 Å². The van der Waals surface area contributed by atoms with E-state index >= 15 is 0 Å². The van der Waals surface area contributed by atoms with Crippen LogP contribution in [0.25, 0.3) is 0 Å². The highest BCUT2D eigenvalue weighted by molar-refractivity contribution is 7.89. The lowest BCUT2D eigenvalue weighted by molar-refractivity contribution is 0.457. The zero-order valence-corrected chi connectivity index (χ0v) is 13.2. The summed E-state index contributed by atoms with van der Waals surface area (Å²) in [4.78, 5) is 0.195. The van der Waals surface area contributed by atoms with Crippen molar-refractivity contribution in [2.75, 3.05) is 12.4 Å². The fourth-order valence-electron chi connectivity index (χ4n) is 1.86. The highest BCUT2D eigenvalue weighted by atomic mass is 35.5. The second-order valence-electron chi connectivity index (χ2n) is 4.44. The number of alkyl halides is 1. The van der Waals surface area contributed by atoms with Crippen molar-refractivity contribution in [2.24, 2.45) is 5.92 Å². The number of hydrogen-bond acceptors (Lipinski definition) is 2. The lowest BCUT2D eigenvalue weighted by Gasteiger charge is -2.15. The van der Waals surface area contributed by atoms with Crippen molar-refractivity contribution in [1.29, 1.82) is 0 Å². The molecule has 0 saturated heterocycles. The standard InChI is InChI=1S/C13H19Cl2NO2S/c1-2-4-11(7-8-14)10-16-19(17,18)13-6-3-5-12(15)9-13/h3,5-6,9,11,16H,2,4,7-8,10H2,1H3. The molecule has 0 aliphatic carbocycles. The summed E-state index contributed by atoms with van der Waals surface area (Å²) in [6, 6.07) is 6.25. The van der Waals surface area contributed by atoms with Crippen molar-refractivity contribution in [3.05, 3.63) is 29.3 Å². The molecule has 1 aromatic carbocycles. The zero-order chi connectivity index (χ0) is 14.3. The molecular formula is C13H19Cl2NO2S. The third-order valence-electron chi connectivity index (χ3n) is 2.88. The minimum atomic E-state index is -3.49. The van der Waals surface area contributed by atoms with Crippen LogP contribution in [0.15, 0.2) is 29.2 Å². The Bertz CT molecular complexity index is 485. The summed E-state index contributed by atoms with van der Waals surface area (Å²) >= 11 is 11.5. The molecule has 6 heteroatoms. The molecule has 0 heterocycles. The molecule has 0 radical (unpaired) electrons. The van der Waals surface area contributed by atoms with Gasteiger partial charge in [0.1, 0.15) is 0 Å². The van der Waals surface area contributed by atoms with Gasteiger partial charge in [0.05, 0.1) is 4.90 Å². The molecule has 108 valence electrons. The largest absolute Gasteiger partial charge is 0.240 e. The summed E-state index contributed by atoms with van der Waals surface area (Å²) in [5.74, 6) is 0.820. The Balaban J connectivity index is 2.69. The van der Waals surface area contributed by atoms with Gasteiger partial charge < -0.3 is 0 Å². The predicted octanol–water partition coefficient (Wildman–Crippen LogP) is 3.66. The summed E-state index contributed by atoms with van der Waals surface area (Å²) in [6.45, 7) is 2.49. The molecule has 0 aliphatic rings. The lowest BCUT2D eigenvalue weighted by Crippen LogP contribution is -2.29. The SMILES string of the molecule is CCCC(CCCl)CNS(=O)(=O)c1cccc(Cl)c1. The van der Waals surface area contributed by atoms with Crippen LogP contribution in [0.2, 0.25) is 5.02 Å². The van der Waals surface area contributed by atoms with Crippen LogP contribution in [0.1, 0.15) is 26.2 Å². The van der Waals surface area contributed by atoms with Gasteiger partial charge in [-0.25, -0.2) is 13.1 Å². The van der Waals surface area contributed by atoms with Crippen molar-refractivity contribution in [2.45, 2.75) is 31.1 Å². The summed E-state index contributed by atoms with van der Waals surface area (Å²) in [7, 11) is -3.49. The maximum Gasteiger partial charge on any atom is 0.240 e. The first-order chi connectivity index (χ1) is 8.99. The van der Waals surface area contributed by atoms with Gasteiger partial charge in [-0.05, 0) is 37.0 Å². The smallest absolute Gasteiger partial charge is 0.211 e. The van der Waals surface area contributed by atoms with Crippen LogP contribution >= 0.6 is 23.2 Å². The van der Waals surface area contributed by atoms with Crippen LogP contribution in [0.4, 0.5) is 0 Å². The van der Waals surface area contributed by atoms with Crippen molar-refractivity contribution in [3.63, 3.8) is 0 Å². The van der Waals surface area contributed by atoms with Gasteiger partial charge in [0.25, 0.3) is 0 Å². The molecule has 0 amide bonds. The van der Waals surface area contributed by atoms with Gasteiger partial charge in [-0.1, -0.05) is 31.0 Å². The van der Waals surface area contributed by atoms with Crippen molar-refractivity contribution in [1.82, 2.24) is 4.72 Å². The fourth-order valence-corrected chi connectivity index (χ4v) is 3.58. The molecule has 1 N–H and O–H groups in total. The van der Waals surface area contributed by atoms with Crippen LogP contribution in [0, 0.1) is 5.92 Å².